The Morgan fingerprint density at radius 1 is 0.677 bits per heavy atom. The van der Waals surface area contributed by atoms with Gasteiger partial charge in [0, 0.05) is 0 Å². The number of hydrogen-bond acceptors (Lipinski definition) is 2. The van der Waals surface area contributed by atoms with Crippen LogP contribution in [0.3, 0.4) is 0 Å². The van der Waals surface area contributed by atoms with Crippen molar-refractivity contribution in [2.75, 3.05) is 26.4 Å². The standard InChI is InChI=1S/C10H15O2.3C6H5.Sn/c1-10-2-7-3-11-4-8(7)9(10)5-12-6-10;3*1-2-4-6-5-3-1;/h7-9H,1-6H2;3*1-5H;/t7?,8?,9-,10-;;;;/m1..../s1. The molecule has 0 N–H and O–H groups in total. The first-order valence-electron chi connectivity index (χ1n) is 11.6. The predicted molar refractivity (Wildman–Crippen MR) is 128 cm³/mol. The van der Waals surface area contributed by atoms with Crippen molar-refractivity contribution in [3.05, 3.63) is 91.0 Å². The zero-order valence-electron chi connectivity index (χ0n) is 18.0. The van der Waals surface area contributed by atoms with Gasteiger partial charge in [0.1, 0.15) is 0 Å². The van der Waals surface area contributed by atoms with Crippen LogP contribution < -0.4 is 10.7 Å². The summed E-state index contributed by atoms with van der Waals surface area (Å²) in [6, 6.07) is 34.4. The van der Waals surface area contributed by atoms with Gasteiger partial charge >= 0.3 is 190 Å². The van der Waals surface area contributed by atoms with Crippen molar-refractivity contribution in [2.45, 2.75) is 10.9 Å². The van der Waals surface area contributed by atoms with Crippen molar-refractivity contribution < 1.29 is 9.47 Å². The molecule has 2 nitrogen and oxygen atoms in total. The number of fused-ring (bicyclic) bond motifs is 3. The molecule has 3 aromatic carbocycles. The van der Waals surface area contributed by atoms with Crippen LogP contribution in [0, 0.1) is 23.2 Å². The van der Waals surface area contributed by atoms with Crippen LogP contribution in [0.15, 0.2) is 91.0 Å². The Hall–Kier alpha value is -1.62. The quantitative estimate of drug-likeness (QED) is 0.483. The third-order valence-electron chi connectivity index (χ3n) is 8.32. The fraction of sp³-hybridized carbons (Fsp3) is 0.357. The van der Waals surface area contributed by atoms with Gasteiger partial charge < -0.3 is 0 Å². The zero-order valence-corrected chi connectivity index (χ0v) is 20.8. The first-order valence-corrected chi connectivity index (χ1v) is 17.9. The Bertz CT molecular complexity index is 926. The van der Waals surface area contributed by atoms with Crippen molar-refractivity contribution in [2.24, 2.45) is 23.2 Å². The van der Waals surface area contributed by atoms with Gasteiger partial charge in [0.2, 0.25) is 0 Å². The van der Waals surface area contributed by atoms with E-state index in [9.17, 15) is 0 Å². The summed E-state index contributed by atoms with van der Waals surface area (Å²) < 4.78 is 18.2. The molecule has 1 aliphatic carbocycles. The van der Waals surface area contributed by atoms with Crippen molar-refractivity contribution >= 4 is 29.1 Å². The summed E-state index contributed by atoms with van der Waals surface area (Å²) in [4.78, 5) is 0. The molecule has 2 unspecified atom stereocenters. The Kier molecular flexibility index (Phi) is 5.20. The van der Waals surface area contributed by atoms with E-state index in [0.717, 1.165) is 32.3 Å². The molecule has 158 valence electrons. The van der Waals surface area contributed by atoms with Gasteiger partial charge in [-0.15, -0.1) is 0 Å². The normalized spacial score (nSPS) is 29.6. The van der Waals surface area contributed by atoms with Gasteiger partial charge in [-0.1, -0.05) is 0 Å². The molecule has 0 amide bonds. The van der Waals surface area contributed by atoms with Crippen molar-refractivity contribution in [3.8, 4) is 0 Å². The molecule has 0 spiro atoms. The molecule has 3 heteroatoms. The van der Waals surface area contributed by atoms with E-state index in [-0.39, 0.29) is 5.41 Å². The van der Waals surface area contributed by atoms with Crippen molar-refractivity contribution in [1.29, 1.82) is 0 Å². The first kappa shape index (κ1) is 20.0. The molecule has 6 rings (SSSR count). The number of rotatable bonds is 5. The van der Waals surface area contributed by atoms with Gasteiger partial charge in [-0.05, 0) is 0 Å². The summed E-state index contributed by atoms with van der Waals surface area (Å²) in [5.41, 5.74) is 0.288. The van der Waals surface area contributed by atoms with Gasteiger partial charge in [0.05, 0.1) is 0 Å². The average Bonchev–Trinajstić information content (AvgIpc) is 3.51. The molecule has 1 saturated carbocycles. The topological polar surface area (TPSA) is 18.5 Å². The van der Waals surface area contributed by atoms with E-state index < -0.39 is 18.4 Å². The molecule has 31 heavy (non-hydrogen) atoms. The SMILES string of the molecule is c1cc[c]([Sn]([CH2][C@@]23COC[C@@H]2C2COCC2C3)([c]2ccccc2)[c]2ccccc2)cc1. The van der Waals surface area contributed by atoms with Gasteiger partial charge in [-0.2, -0.15) is 0 Å². The zero-order chi connectivity index (χ0) is 20.7. The van der Waals surface area contributed by atoms with Crippen LogP contribution in [0.5, 0.6) is 0 Å². The summed E-state index contributed by atoms with van der Waals surface area (Å²) in [5, 5.41) is 0. The minimum atomic E-state index is -3.30. The molecule has 2 saturated heterocycles. The summed E-state index contributed by atoms with van der Waals surface area (Å²) in [7, 11) is 0. The van der Waals surface area contributed by atoms with Crippen LogP contribution in [0.4, 0.5) is 0 Å². The minimum absolute atomic E-state index is 0.288. The molecule has 4 atom stereocenters. The fourth-order valence-corrected chi connectivity index (χ4v) is 22.6. The van der Waals surface area contributed by atoms with Crippen LogP contribution in [-0.2, 0) is 9.47 Å². The van der Waals surface area contributed by atoms with E-state index in [0.29, 0.717) is 11.8 Å². The van der Waals surface area contributed by atoms with Gasteiger partial charge in [0.15, 0.2) is 0 Å². The van der Waals surface area contributed by atoms with Crippen LogP contribution in [0.25, 0.3) is 0 Å². The Labute approximate surface area is 189 Å². The maximum absolute atomic E-state index is 6.25. The second-order valence-corrected chi connectivity index (χ2v) is 21.0. The van der Waals surface area contributed by atoms with E-state index >= 15 is 0 Å². The number of hydrogen-bond donors (Lipinski definition) is 0. The molecule has 2 heterocycles. The van der Waals surface area contributed by atoms with E-state index in [2.05, 4.69) is 91.0 Å². The average molecular weight is 517 g/mol. The van der Waals surface area contributed by atoms with Gasteiger partial charge in [-0.25, -0.2) is 0 Å². The van der Waals surface area contributed by atoms with Gasteiger partial charge in [0.25, 0.3) is 0 Å². The van der Waals surface area contributed by atoms with E-state index in [4.69, 9.17) is 9.47 Å². The summed E-state index contributed by atoms with van der Waals surface area (Å²) in [6.07, 6.45) is 1.27. The summed E-state index contributed by atoms with van der Waals surface area (Å²) in [6.45, 7) is 3.74. The number of ether oxygens (including phenoxy) is 2. The van der Waals surface area contributed by atoms with Gasteiger partial charge in [-0.3, -0.25) is 0 Å². The first-order chi connectivity index (χ1) is 15.3. The Morgan fingerprint density at radius 2 is 1.23 bits per heavy atom. The van der Waals surface area contributed by atoms with Crippen molar-refractivity contribution in [3.63, 3.8) is 0 Å². The van der Waals surface area contributed by atoms with E-state index in [1.54, 1.807) is 10.7 Å². The molecule has 3 aliphatic rings. The molecule has 0 bridgehead atoms. The molecule has 3 aromatic rings. The third kappa shape index (κ3) is 3.21. The van der Waals surface area contributed by atoms with Crippen LogP contribution in [0.2, 0.25) is 4.44 Å². The summed E-state index contributed by atoms with van der Waals surface area (Å²) >= 11 is -3.30. The van der Waals surface area contributed by atoms with E-state index in [1.807, 2.05) is 0 Å². The Morgan fingerprint density at radius 3 is 1.77 bits per heavy atom. The second-order valence-electron chi connectivity index (χ2n) is 9.83. The molecule has 2 aliphatic heterocycles. The molecule has 3 fully saturated rings. The fourth-order valence-electron chi connectivity index (χ4n) is 7.01. The van der Waals surface area contributed by atoms with E-state index in [1.165, 1.54) is 10.9 Å². The molecule has 0 aromatic heterocycles. The third-order valence-corrected chi connectivity index (χ3v) is 23.1. The van der Waals surface area contributed by atoms with Crippen LogP contribution in [-0.4, -0.2) is 44.8 Å². The molecule has 0 radical (unpaired) electrons. The second kappa shape index (κ2) is 8.06. The van der Waals surface area contributed by atoms with Crippen LogP contribution >= 0.6 is 0 Å². The monoisotopic (exact) mass is 518 g/mol. The maximum atomic E-state index is 6.25. The molecular formula is C28H30O2Sn. The van der Waals surface area contributed by atoms with Crippen LogP contribution in [0.1, 0.15) is 6.42 Å². The number of benzene rings is 3. The predicted octanol–water partition coefficient (Wildman–Crippen LogP) is 3.46. The Balaban J connectivity index is 1.56. The summed E-state index contributed by atoms with van der Waals surface area (Å²) in [5.74, 6) is 2.06. The van der Waals surface area contributed by atoms with Crippen molar-refractivity contribution in [1.82, 2.24) is 0 Å². The molecular weight excluding hydrogens is 487 g/mol.